The molecule has 58 valence electrons. The molecule has 0 radical (unpaired) electrons. The average Bonchev–Trinajstić information content (AvgIpc) is 2.32. The summed E-state index contributed by atoms with van der Waals surface area (Å²) in [6, 6.07) is 1.48. The Morgan fingerprint density at radius 3 is 2.55 bits per heavy atom. The van der Waals surface area contributed by atoms with Gasteiger partial charge in [0.05, 0.1) is 10.8 Å². The lowest BCUT2D eigenvalue weighted by molar-refractivity contribution is -0.254. The highest BCUT2D eigenvalue weighted by molar-refractivity contribution is 7.12. The summed E-state index contributed by atoms with van der Waals surface area (Å²) < 4.78 is 0. The zero-order valence-electron chi connectivity index (χ0n) is 5.79. The summed E-state index contributed by atoms with van der Waals surface area (Å²) in [6.45, 7) is 1.33. The molecule has 0 N–H and O–H groups in total. The van der Waals surface area contributed by atoms with Gasteiger partial charge in [-0.2, -0.15) is 0 Å². The van der Waals surface area contributed by atoms with Crippen LogP contribution in [0.15, 0.2) is 11.4 Å². The number of carboxylic acid groups (broad SMARTS) is 1. The smallest absolute Gasteiger partial charge is 0.161 e. The predicted molar refractivity (Wildman–Crippen MR) is 38.7 cm³/mol. The third kappa shape index (κ3) is 1.46. The van der Waals surface area contributed by atoms with Crippen LogP contribution in [-0.4, -0.2) is 11.8 Å². The molecule has 1 rings (SSSR count). The number of ketones is 1. The fourth-order valence-corrected chi connectivity index (χ4v) is 1.52. The first kappa shape index (κ1) is 7.94. The van der Waals surface area contributed by atoms with Crippen molar-refractivity contribution < 1.29 is 14.7 Å². The topological polar surface area (TPSA) is 57.2 Å². The molecule has 0 aliphatic heterocycles. The second kappa shape index (κ2) is 2.84. The second-order valence-corrected chi connectivity index (χ2v) is 2.92. The first-order valence-corrected chi connectivity index (χ1v) is 3.80. The van der Waals surface area contributed by atoms with Gasteiger partial charge in [-0.1, -0.05) is 0 Å². The van der Waals surface area contributed by atoms with Gasteiger partial charge in [0.1, 0.15) is 0 Å². The van der Waals surface area contributed by atoms with Crippen LogP contribution in [0, 0.1) is 0 Å². The maximum atomic E-state index is 10.7. The molecule has 1 aromatic heterocycles. The van der Waals surface area contributed by atoms with Crippen molar-refractivity contribution in [3.63, 3.8) is 0 Å². The summed E-state index contributed by atoms with van der Waals surface area (Å²) in [5.74, 6) is -1.53. The number of hydrogen-bond acceptors (Lipinski definition) is 4. The number of rotatable bonds is 2. The Kier molecular flexibility index (Phi) is 2.05. The predicted octanol–water partition coefficient (Wildman–Crippen LogP) is 0.314. The minimum absolute atomic E-state index is 0.0116. The van der Waals surface area contributed by atoms with Crippen LogP contribution in [0.1, 0.15) is 27.0 Å². The highest BCUT2D eigenvalue weighted by Crippen LogP contribution is 2.15. The van der Waals surface area contributed by atoms with Crippen LogP contribution < -0.4 is 5.11 Å². The van der Waals surface area contributed by atoms with Gasteiger partial charge in [-0.15, -0.1) is 11.3 Å². The second-order valence-electron chi connectivity index (χ2n) is 2.01. The highest BCUT2D eigenvalue weighted by Gasteiger charge is 2.08. The van der Waals surface area contributed by atoms with E-state index in [0.29, 0.717) is 0 Å². The molecule has 0 aromatic carbocycles. The molecule has 0 saturated carbocycles. The normalized spacial score (nSPS) is 9.55. The average molecular weight is 169 g/mol. The van der Waals surface area contributed by atoms with Crippen LogP contribution in [-0.2, 0) is 0 Å². The van der Waals surface area contributed by atoms with E-state index >= 15 is 0 Å². The first-order valence-electron chi connectivity index (χ1n) is 2.92. The van der Waals surface area contributed by atoms with Gasteiger partial charge in [-0.3, -0.25) is 4.79 Å². The zero-order valence-corrected chi connectivity index (χ0v) is 6.60. The van der Waals surface area contributed by atoms with Gasteiger partial charge in [0.25, 0.3) is 0 Å². The van der Waals surface area contributed by atoms with Crippen LogP contribution >= 0.6 is 11.3 Å². The largest absolute Gasteiger partial charge is 0.544 e. The molecule has 0 spiro atoms. The van der Waals surface area contributed by atoms with Gasteiger partial charge in [0.2, 0.25) is 0 Å². The third-order valence-electron chi connectivity index (χ3n) is 1.23. The monoisotopic (exact) mass is 169 g/mol. The summed E-state index contributed by atoms with van der Waals surface area (Å²) in [7, 11) is 0. The lowest BCUT2D eigenvalue weighted by Gasteiger charge is -1.99. The van der Waals surface area contributed by atoms with E-state index in [4.69, 9.17) is 0 Å². The summed E-state index contributed by atoms with van der Waals surface area (Å²) in [6.07, 6.45) is 0. The van der Waals surface area contributed by atoms with Crippen LogP contribution in [0.25, 0.3) is 0 Å². The van der Waals surface area contributed by atoms with E-state index in [1.165, 1.54) is 13.0 Å². The highest BCUT2D eigenvalue weighted by atomic mass is 32.1. The third-order valence-corrected chi connectivity index (χ3v) is 2.12. The van der Waals surface area contributed by atoms with E-state index in [1.807, 2.05) is 0 Å². The molecule has 3 nitrogen and oxygen atoms in total. The van der Waals surface area contributed by atoms with Crippen LogP contribution in [0.2, 0.25) is 0 Å². The molecule has 0 atom stereocenters. The molecule has 4 heteroatoms. The Morgan fingerprint density at radius 2 is 2.18 bits per heavy atom. The molecule has 0 fully saturated rings. The Bertz CT molecular complexity index is 272. The van der Waals surface area contributed by atoms with Crippen LogP contribution in [0.5, 0.6) is 0 Å². The van der Waals surface area contributed by atoms with Gasteiger partial charge < -0.3 is 9.90 Å². The van der Waals surface area contributed by atoms with Crippen molar-refractivity contribution in [3.05, 3.63) is 21.9 Å². The number of aromatic carboxylic acids is 1. The molecular formula is C7H5O3S-. The number of Topliss-reactive ketones (excluding diaryl/α,β-unsaturated/α-hetero) is 1. The number of carbonyl (C=O) groups excluding carboxylic acids is 2. The minimum Gasteiger partial charge on any atom is -0.544 e. The molecule has 0 aliphatic rings. The number of thiophene rings is 1. The molecule has 11 heavy (non-hydrogen) atoms. The van der Waals surface area contributed by atoms with E-state index in [-0.39, 0.29) is 16.2 Å². The molecule has 0 amide bonds. The van der Waals surface area contributed by atoms with Gasteiger partial charge in [-0.25, -0.2) is 0 Å². The van der Waals surface area contributed by atoms with Crippen molar-refractivity contribution in [2.45, 2.75) is 6.92 Å². The quantitative estimate of drug-likeness (QED) is 0.599. The Morgan fingerprint density at radius 1 is 1.55 bits per heavy atom. The Hall–Kier alpha value is -1.16. The van der Waals surface area contributed by atoms with Crippen molar-refractivity contribution in [2.24, 2.45) is 0 Å². The number of carboxylic acids is 1. The van der Waals surface area contributed by atoms with Crippen LogP contribution in [0.3, 0.4) is 0 Å². The molecule has 0 unspecified atom stereocenters. The minimum atomic E-state index is -1.29. The van der Waals surface area contributed by atoms with Gasteiger partial charge in [-0.05, 0) is 18.4 Å². The number of carbonyl (C=O) groups is 2. The summed E-state index contributed by atoms with van der Waals surface area (Å²) in [5.41, 5.74) is 0.231. The fourth-order valence-electron chi connectivity index (χ4n) is 0.745. The SMILES string of the molecule is CC(=O)c1ccsc1C(=O)[O-]. The fraction of sp³-hybridized carbons (Fsp3) is 0.143. The van der Waals surface area contributed by atoms with E-state index in [0.717, 1.165) is 11.3 Å². The molecule has 1 aromatic rings. The maximum absolute atomic E-state index is 10.7. The molecule has 0 bridgehead atoms. The molecular weight excluding hydrogens is 164 g/mol. The van der Waals surface area contributed by atoms with Crippen molar-refractivity contribution in [2.75, 3.05) is 0 Å². The maximum Gasteiger partial charge on any atom is 0.161 e. The molecule has 0 aliphatic carbocycles. The first-order chi connectivity index (χ1) is 5.13. The molecule has 0 saturated heterocycles. The van der Waals surface area contributed by atoms with Crippen molar-refractivity contribution in [1.29, 1.82) is 0 Å². The lowest BCUT2D eigenvalue weighted by Crippen LogP contribution is -2.22. The summed E-state index contributed by atoms with van der Waals surface area (Å²) in [5, 5.41) is 11.9. The van der Waals surface area contributed by atoms with E-state index in [2.05, 4.69) is 0 Å². The summed E-state index contributed by atoms with van der Waals surface area (Å²) >= 11 is 1.00. The van der Waals surface area contributed by atoms with E-state index in [9.17, 15) is 14.7 Å². The lowest BCUT2D eigenvalue weighted by atomic mass is 10.2. The van der Waals surface area contributed by atoms with Crippen LogP contribution in [0.4, 0.5) is 0 Å². The van der Waals surface area contributed by atoms with Gasteiger partial charge >= 0.3 is 0 Å². The van der Waals surface area contributed by atoms with E-state index < -0.39 is 5.97 Å². The zero-order chi connectivity index (χ0) is 8.43. The van der Waals surface area contributed by atoms with Crippen molar-refractivity contribution >= 4 is 23.1 Å². The van der Waals surface area contributed by atoms with Gasteiger partial charge in [0, 0.05) is 5.56 Å². The van der Waals surface area contributed by atoms with Gasteiger partial charge in [0.15, 0.2) is 5.78 Å². The summed E-state index contributed by atoms with van der Waals surface area (Å²) in [4.78, 5) is 21.1. The Balaban J connectivity index is 3.16. The van der Waals surface area contributed by atoms with E-state index in [1.54, 1.807) is 5.38 Å². The number of hydrogen-bond donors (Lipinski definition) is 0. The van der Waals surface area contributed by atoms with Crippen molar-refractivity contribution in [1.82, 2.24) is 0 Å². The standard InChI is InChI=1S/C7H6O3S/c1-4(8)5-2-3-11-6(5)7(9)10/h2-3H,1H3,(H,9,10)/p-1. The van der Waals surface area contributed by atoms with Crippen molar-refractivity contribution in [3.8, 4) is 0 Å². The Labute approximate surface area is 67.3 Å². The molecule has 1 heterocycles.